The molecule has 4 fully saturated rings. The summed E-state index contributed by atoms with van der Waals surface area (Å²) in [5.74, 6) is -0.915. The van der Waals surface area contributed by atoms with Crippen LogP contribution < -0.4 is 0 Å². The Morgan fingerprint density at radius 2 is 1.88 bits per heavy atom. The van der Waals surface area contributed by atoms with Crippen molar-refractivity contribution in [3.8, 4) is 0 Å². The molecule has 7 atom stereocenters. The number of nitrogens with zero attached hydrogens (tertiary/aromatic N) is 3. The van der Waals surface area contributed by atoms with Crippen molar-refractivity contribution < 1.29 is 19.4 Å². The summed E-state index contributed by atoms with van der Waals surface area (Å²) in [7, 11) is 4.31. The van der Waals surface area contributed by atoms with Crippen LogP contribution in [0.1, 0.15) is 48.8 Å². The zero-order valence-electron chi connectivity index (χ0n) is 20.0. The minimum Gasteiger partial charge on any atom is -0.462 e. The van der Waals surface area contributed by atoms with Gasteiger partial charge in [0.15, 0.2) is 0 Å². The number of fused-ring (bicyclic) bond motifs is 5. The first-order chi connectivity index (χ1) is 16.6. The van der Waals surface area contributed by atoms with Crippen molar-refractivity contribution in [2.24, 2.45) is 0 Å². The molecular formula is C27H35N3O4. The molecule has 0 unspecified atom stereocenters. The standard InChI is InChI=1S/C17H21NO4.C10H14N2/c1-18-13-7-11(8-14(18)16-15(13)22-16)21-17(20)12(9-19)10-5-3-2-4-6-10;1-12-7-3-5-10(12)9-4-2-6-11-8-9/h2-6,11-16,19H,7-9H2,1H3;2,4,6,8,10H,3,5,7H2,1H3/t11-,12-,13-,14+,15-,16+;10-/m10/s1. The van der Waals surface area contributed by atoms with Crippen molar-refractivity contribution in [3.05, 3.63) is 66.0 Å². The summed E-state index contributed by atoms with van der Waals surface area (Å²) in [6.07, 6.45) is 8.67. The zero-order chi connectivity index (χ0) is 23.7. The summed E-state index contributed by atoms with van der Waals surface area (Å²) in [5.41, 5.74) is 2.16. The highest BCUT2D eigenvalue weighted by Crippen LogP contribution is 2.48. The predicted octanol–water partition coefficient (Wildman–Crippen LogP) is 2.77. The maximum absolute atomic E-state index is 12.4. The summed E-state index contributed by atoms with van der Waals surface area (Å²) >= 11 is 0. The van der Waals surface area contributed by atoms with Crippen LogP contribution in [0, 0.1) is 0 Å². The zero-order valence-corrected chi connectivity index (χ0v) is 20.0. The number of carbonyl (C=O) groups excluding carboxylic acids is 1. The highest BCUT2D eigenvalue weighted by molar-refractivity contribution is 5.78. The lowest BCUT2D eigenvalue weighted by molar-refractivity contribution is -0.156. The lowest BCUT2D eigenvalue weighted by atomic mass is 9.97. The summed E-state index contributed by atoms with van der Waals surface area (Å²) in [6, 6.07) is 14.9. The van der Waals surface area contributed by atoms with Crippen LogP contribution in [0.15, 0.2) is 54.9 Å². The maximum Gasteiger partial charge on any atom is 0.316 e. The number of aliphatic hydroxyl groups is 1. The van der Waals surface area contributed by atoms with Crippen LogP contribution in [-0.2, 0) is 14.3 Å². The molecule has 34 heavy (non-hydrogen) atoms. The third kappa shape index (κ3) is 4.75. The van der Waals surface area contributed by atoms with E-state index in [4.69, 9.17) is 9.47 Å². The van der Waals surface area contributed by atoms with E-state index in [1.807, 2.05) is 48.8 Å². The number of esters is 1. The Kier molecular flexibility index (Phi) is 6.97. The summed E-state index contributed by atoms with van der Waals surface area (Å²) in [6.45, 7) is 0.996. The topological polar surface area (TPSA) is 78.4 Å². The number of likely N-dealkylation sites (tertiary alicyclic amines) is 1. The summed E-state index contributed by atoms with van der Waals surface area (Å²) < 4.78 is 11.4. The molecule has 0 spiro atoms. The van der Waals surface area contributed by atoms with Crippen LogP contribution in [0.3, 0.4) is 0 Å². The van der Waals surface area contributed by atoms with Crippen LogP contribution in [0.2, 0.25) is 0 Å². The molecule has 1 aromatic carbocycles. The van der Waals surface area contributed by atoms with E-state index < -0.39 is 5.92 Å². The number of rotatable bonds is 5. The fourth-order valence-electron chi connectivity index (χ4n) is 5.95. The third-order valence-electron chi connectivity index (χ3n) is 7.92. The first kappa shape index (κ1) is 23.4. The normalized spacial score (nSPS) is 32.9. The van der Waals surface area contributed by atoms with E-state index in [1.165, 1.54) is 24.9 Å². The molecule has 182 valence electrons. The van der Waals surface area contributed by atoms with Crippen molar-refractivity contribution in [2.45, 2.75) is 68.0 Å². The lowest BCUT2D eigenvalue weighted by Crippen LogP contribution is -2.48. The van der Waals surface area contributed by atoms with Gasteiger partial charge in [0.05, 0.1) is 6.61 Å². The number of hydrogen-bond acceptors (Lipinski definition) is 7. The number of pyridine rings is 1. The van der Waals surface area contributed by atoms with Gasteiger partial charge in [-0.05, 0) is 50.7 Å². The average molecular weight is 466 g/mol. The van der Waals surface area contributed by atoms with Gasteiger partial charge in [-0.3, -0.25) is 19.6 Å². The fraction of sp³-hybridized carbons (Fsp3) is 0.556. The molecule has 0 saturated carbocycles. The van der Waals surface area contributed by atoms with E-state index >= 15 is 0 Å². The highest BCUT2D eigenvalue weighted by Gasteiger charge is 2.62. The Morgan fingerprint density at radius 1 is 1.15 bits per heavy atom. The number of benzene rings is 1. The van der Waals surface area contributed by atoms with Crippen molar-refractivity contribution >= 4 is 5.97 Å². The molecule has 1 N–H and O–H groups in total. The number of aromatic nitrogens is 1. The Labute approximate surface area is 201 Å². The van der Waals surface area contributed by atoms with Gasteiger partial charge in [-0.2, -0.15) is 0 Å². The molecular weight excluding hydrogens is 430 g/mol. The van der Waals surface area contributed by atoms with Crippen molar-refractivity contribution in [2.75, 3.05) is 27.2 Å². The molecule has 6 rings (SSSR count). The van der Waals surface area contributed by atoms with Gasteiger partial charge in [-0.1, -0.05) is 36.4 Å². The van der Waals surface area contributed by atoms with Crippen molar-refractivity contribution in [1.29, 1.82) is 0 Å². The fourth-order valence-corrected chi connectivity index (χ4v) is 5.95. The number of carbonyl (C=O) groups is 1. The molecule has 4 aliphatic heterocycles. The smallest absolute Gasteiger partial charge is 0.316 e. The molecule has 0 amide bonds. The van der Waals surface area contributed by atoms with E-state index in [2.05, 4.69) is 34.9 Å². The van der Waals surface area contributed by atoms with Crippen LogP contribution in [0.4, 0.5) is 0 Å². The predicted molar refractivity (Wildman–Crippen MR) is 128 cm³/mol. The van der Waals surface area contributed by atoms with Crippen LogP contribution in [0.5, 0.6) is 0 Å². The molecule has 0 radical (unpaired) electrons. The quantitative estimate of drug-likeness (QED) is 0.537. The molecule has 7 heteroatoms. The summed E-state index contributed by atoms with van der Waals surface area (Å²) in [4.78, 5) is 21.3. The molecule has 2 aromatic rings. The van der Waals surface area contributed by atoms with Crippen molar-refractivity contribution in [1.82, 2.24) is 14.8 Å². The number of epoxide rings is 1. The first-order valence-electron chi connectivity index (χ1n) is 12.4. The van der Waals surface area contributed by atoms with E-state index in [0.717, 1.165) is 18.4 Å². The third-order valence-corrected chi connectivity index (χ3v) is 7.92. The molecule has 1 aromatic heterocycles. The number of likely N-dealkylation sites (N-methyl/N-ethyl adjacent to an activating group) is 1. The molecule has 4 aliphatic rings. The monoisotopic (exact) mass is 465 g/mol. The van der Waals surface area contributed by atoms with Gasteiger partial charge in [0.25, 0.3) is 0 Å². The second-order valence-corrected chi connectivity index (χ2v) is 9.97. The average Bonchev–Trinajstić information content (AvgIpc) is 3.50. The lowest BCUT2D eigenvalue weighted by Gasteiger charge is -2.38. The van der Waals surface area contributed by atoms with Gasteiger partial charge in [-0.25, -0.2) is 0 Å². The Bertz CT molecular complexity index is 941. The first-order valence-corrected chi connectivity index (χ1v) is 12.4. The Hall–Kier alpha value is -2.32. The Balaban J connectivity index is 0.000000169. The maximum atomic E-state index is 12.4. The summed E-state index contributed by atoms with van der Waals surface area (Å²) in [5, 5.41) is 9.56. The minimum atomic E-state index is -0.593. The van der Waals surface area contributed by atoms with Gasteiger partial charge in [0.2, 0.25) is 0 Å². The number of morpholine rings is 1. The molecule has 4 saturated heterocycles. The van der Waals surface area contributed by atoms with Crippen LogP contribution in [0.25, 0.3) is 0 Å². The largest absolute Gasteiger partial charge is 0.462 e. The van der Waals surface area contributed by atoms with Gasteiger partial charge in [0.1, 0.15) is 24.2 Å². The number of ether oxygens (including phenoxy) is 2. The van der Waals surface area contributed by atoms with E-state index in [-0.39, 0.29) is 18.7 Å². The van der Waals surface area contributed by atoms with Crippen LogP contribution in [-0.4, -0.2) is 83.5 Å². The van der Waals surface area contributed by atoms with Gasteiger partial charge >= 0.3 is 5.97 Å². The molecule has 7 nitrogen and oxygen atoms in total. The molecule has 0 aliphatic carbocycles. The van der Waals surface area contributed by atoms with Gasteiger partial charge in [-0.15, -0.1) is 0 Å². The van der Waals surface area contributed by atoms with E-state index in [0.29, 0.717) is 30.3 Å². The minimum absolute atomic E-state index is 0.0622. The van der Waals surface area contributed by atoms with Crippen LogP contribution >= 0.6 is 0 Å². The number of hydrogen-bond donors (Lipinski definition) is 1. The Morgan fingerprint density at radius 3 is 2.47 bits per heavy atom. The van der Waals surface area contributed by atoms with Gasteiger partial charge in [0, 0.05) is 43.4 Å². The second kappa shape index (κ2) is 10.1. The second-order valence-electron chi connectivity index (χ2n) is 9.97. The van der Waals surface area contributed by atoms with E-state index in [9.17, 15) is 9.90 Å². The number of piperidine rings is 1. The molecule has 2 bridgehead atoms. The van der Waals surface area contributed by atoms with Gasteiger partial charge < -0.3 is 14.6 Å². The van der Waals surface area contributed by atoms with Crippen molar-refractivity contribution in [3.63, 3.8) is 0 Å². The number of aliphatic hydroxyl groups excluding tert-OH is 1. The highest BCUT2D eigenvalue weighted by atomic mass is 16.6. The SMILES string of the molecule is CN1CCC[C@H]1c1cccnc1.CN1[C@@H]2C[C@@H](OC(=O)[C@H](CO)c3ccccc3)C[C@H]1[C@@H]1O[C@@H]12. The molecule has 5 heterocycles. The van der Waals surface area contributed by atoms with E-state index in [1.54, 1.807) is 0 Å².